The highest BCUT2D eigenvalue weighted by Gasteiger charge is 2.22. The van der Waals surface area contributed by atoms with Crippen LogP contribution in [0.15, 0.2) is 47.6 Å². The topological polar surface area (TPSA) is 53.4 Å². The van der Waals surface area contributed by atoms with Gasteiger partial charge >= 0.3 is 0 Å². The fourth-order valence-corrected chi connectivity index (χ4v) is 3.42. The van der Waals surface area contributed by atoms with Crippen molar-refractivity contribution in [2.45, 2.75) is 26.3 Å². The SMILES string of the molecule is CC1CCC=NC=C1c1cc2c(nn1)NCCN2Cc1ccccc1. The predicted molar refractivity (Wildman–Crippen MR) is 103 cm³/mol. The van der Waals surface area contributed by atoms with Crippen molar-refractivity contribution in [3.8, 4) is 0 Å². The van der Waals surface area contributed by atoms with Gasteiger partial charge in [-0.25, -0.2) is 0 Å². The second-order valence-corrected chi connectivity index (χ2v) is 6.69. The molecular formula is C20H23N5. The Bertz CT molecular complexity index is 797. The van der Waals surface area contributed by atoms with E-state index in [1.54, 1.807) is 0 Å². The van der Waals surface area contributed by atoms with Gasteiger partial charge < -0.3 is 10.2 Å². The maximum atomic E-state index is 4.47. The highest BCUT2D eigenvalue weighted by Crippen LogP contribution is 2.33. The Kier molecular flexibility index (Phi) is 4.46. The number of benzene rings is 1. The van der Waals surface area contributed by atoms with E-state index in [1.807, 2.05) is 12.4 Å². The number of nitrogens with one attached hydrogen (secondary N) is 1. The molecule has 1 N–H and O–H groups in total. The zero-order valence-electron chi connectivity index (χ0n) is 14.5. The molecule has 5 nitrogen and oxygen atoms in total. The van der Waals surface area contributed by atoms with Crippen LogP contribution in [0.4, 0.5) is 11.5 Å². The molecule has 1 aromatic carbocycles. The second kappa shape index (κ2) is 7.05. The van der Waals surface area contributed by atoms with Gasteiger partial charge in [0.2, 0.25) is 0 Å². The average molecular weight is 333 g/mol. The van der Waals surface area contributed by atoms with E-state index in [0.717, 1.165) is 49.7 Å². The molecule has 2 aliphatic rings. The summed E-state index contributed by atoms with van der Waals surface area (Å²) in [4.78, 5) is 6.77. The Hall–Kier alpha value is -2.69. The number of aromatic nitrogens is 2. The van der Waals surface area contributed by atoms with Gasteiger partial charge in [0, 0.05) is 37.6 Å². The molecule has 1 aromatic heterocycles. The molecule has 0 fully saturated rings. The first kappa shape index (κ1) is 15.8. The van der Waals surface area contributed by atoms with Crippen molar-refractivity contribution < 1.29 is 0 Å². The lowest BCUT2D eigenvalue weighted by Crippen LogP contribution is -2.34. The third kappa shape index (κ3) is 3.40. The molecule has 1 atom stereocenters. The third-order valence-corrected chi connectivity index (χ3v) is 4.88. The summed E-state index contributed by atoms with van der Waals surface area (Å²) in [7, 11) is 0. The van der Waals surface area contributed by atoms with E-state index in [2.05, 4.69) is 68.7 Å². The molecule has 3 heterocycles. The lowest BCUT2D eigenvalue weighted by molar-refractivity contribution is 0.689. The Balaban J connectivity index is 1.66. The summed E-state index contributed by atoms with van der Waals surface area (Å²) in [5, 5.41) is 12.3. The lowest BCUT2D eigenvalue weighted by atomic mass is 9.94. The monoisotopic (exact) mass is 333 g/mol. The molecule has 4 rings (SSSR count). The number of allylic oxidation sites excluding steroid dienone is 1. The van der Waals surface area contributed by atoms with Crippen LogP contribution in [0.3, 0.4) is 0 Å². The molecule has 25 heavy (non-hydrogen) atoms. The Morgan fingerprint density at radius 1 is 1.20 bits per heavy atom. The standard InChI is InChI=1S/C20H23N5/c1-15-6-5-9-21-13-17(15)18-12-19-20(24-23-18)22-10-11-25(19)14-16-7-3-2-4-8-16/h2-4,7-9,12-13,15H,5-6,10-11,14H2,1H3,(H,22,24). The summed E-state index contributed by atoms with van der Waals surface area (Å²) >= 11 is 0. The molecule has 2 aliphatic heterocycles. The zero-order valence-corrected chi connectivity index (χ0v) is 14.5. The number of hydrogen-bond donors (Lipinski definition) is 1. The van der Waals surface area contributed by atoms with Crippen LogP contribution >= 0.6 is 0 Å². The van der Waals surface area contributed by atoms with E-state index in [-0.39, 0.29) is 0 Å². The van der Waals surface area contributed by atoms with Gasteiger partial charge in [-0.15, -0.1) is 10.2 Å². The average Bonchev–Trinajstić information content (AvgIpc) is 2.87. The minimum Gasteiger partial charge on any atom is -0.365 e. The fraction of sp³-hybridized carbons (Fsp3) is 0.350. The van der Waals surface area contributed by atoms with Crippen LogP contribution in [-0.2, 0) is 6.54 Å². The Labute approximate surface area is 148 Å². The maximum Gasteiger partial charge on any atom is 0.172 e. The van der Waals surface area contributed by atoms with Crippen molar-refractivity contribution in [2.24, 2.45) is 10.9 Å². The smallest absolute Gasteiger partial charge is 0.172 e. The molecule has 0 amide bonds. The number of hydrogen-bond acceptors (Lipinski definition) is 5. The first-order chi connectivity index (χ1) is 12.3. The van der Waals surface area contributed by atoms with Crippen LogP contribution in [0.25, 0.3) is 5.57 Å². The van der Waals surface area contributed by atoms with E-state index in [0.29, 0.717) is 5.92 Å². The number of fused-ring (bicyclic) bond motifs is 1. The van der Waals surface area contributed by atoms with Crippen molar-refractivity contribution in [1.82, 2.24) is 10.2 Å². The second-order valence-electron chi connectivity index (χ2n) is 6.69. The van der Waals surface area contributed by atoms with Gasteiger partial charge in [-0.3, -0.25) is 4.99 Å². The van der Waals surface area contributed by atoms with Gasteiger partial charge in [0.25, 0.3) is 0 Å². The van der Waals surface area contributed by atoms with Crippen LogP contribution in [0.1, 0.15) is 31.0 Å². The first-order valence-corrected chi connectivity index (χ1v) is 8.94. The largest absolute Gasteiger partial charge is 0.365 e. The highest BCUT2D eigenvalue weighted by atomic mass is 15.3. The van der Waals surface area contributed by atoms with Gasteiger partial charge in [0.15, 0.2) is 5.82 Å². The zero-order chi connectivity index (χ0) is 17.1. The molecule has 0 saturated carbocycles. The van der Waals surface area contributed by atoms with E-state index >= 15 is 0 Å². The minimum atomic E-state index is 0.439. The highest BCUT2D eigenvalue weighted by molar-refractivity contribution is 5.75. The summed E-state index contributed by atoms with van der Waals surface area (Å²) in [5.41, 5.74) is 4.54. The lowest BCUT2D eigenvalue weighted by Gasteiger charge is -2.31. The van der Waals surface area contributed by atoms with Gasteiger partial charge in [-0.1, -0.05) is 37.3 Å². The van der Waals surface area contributed by atoms with Gasteiger partial charge in [-0.05, 0) is 30.4 Å². The summed E-state index contributed by atoms with van der Waals surface area (Å²) in [6.07, 6.45) is 6.05. The summed E-state index contributed by atoms with van der Waals surface area (Å²) in [5.74, 6) is 1.31. The van der Waals surface area contributed by atoms with Gasteiger partial charge in [0.05, 0.1) is 11.4 Å². The third-order valence-electron chi connectivity index (χ3n) is 4.88. The van der Waals surface area contributed by atoms with Crippen LogP contribution in [0.5, 0.6) is 0 Å². The van der Waals surface area contributed by atoms with Crippen molar-refractivity contribution >= 4 is 23.3 Å². The first-order valence-electron chi connectivity index (χ1n) is 8.94. The minimum absolute atomic E-state index is 0.439. The van der Waals surface area contributed by atoms with Crippen LogP contribution in [0, 0.1) is 5.92 Å². The van der Waals surface area contributed by atoms with Crippen molar-refractivity contribution in [2.75, 3.05) is 23.3 Å². The fourth-order valence-electron chi connectivity index (χ4n) is 3.42. The van der Waals surface area contributed by atoms with E-state index in [9.17, 15) is 0 Å². The van der Waals surface area contributed by atoms with Gasteiger partial charge in [0.1, 0.15) is 0 Å². The molecule has 0 radical (unpaired) electrons. The van der Waals surface area contributed by atoms with E-state index < -0.39 is 0 Å². The number of rotatable bonds is 3. The summed E-state index contributed by atoms with van der Waals surface area (Å²) < 4.78 is 0. The normalized spacial score (nSPS) is 19.6. The molecule has 0 saturated heterocycles. The van der Waals surface area contributed by atoms with Crippen LogP contribution in [-0.4, -0.2) is 29.5 Å². The van der Waals surface area contributed by atoms with Gasteiger partial charge in [-0.2, -0.15) is 0 Å². The molecule has 0 aliphatic carbocycles. The molecule has 0 spiro atoms. The molecule has 5 heteroatoms. The number of anilines is 2. The molecule has 128 valence electrons. The van der Waals surface area contributed by atoms with Crippen molar-refractivity contribution in [1.29, 1.82) is 0 Å². The van der Waals surface area contributed by atoms with Crippen LogP contribution < -0.4 is 10.2 Å². The molecule has 0 bridgehead atoms. The quantitative estimate of drug-likeness (QED) is 0.929. The summed E-state index contributed by atoms with van der Waals surface area (Å²) in [6.45, 7) is 4.96. The Morgan fingerprint density at radius 2 is 2.08 bits per heavy atom. The van der Waals surface area contributed by atoms with Crippen molar-refractivity contribution in [3.05, 3.63) is 53.9 Å². The maximum absolute atomic E-state index is 4.47. The predicted octanol–water partition coefficient (Wildman–Crippen LogP) is 3.75. The van der Waals surface area contributed by atoms with E-state index in [4.69, 9.17) is 0 Å². The summed E-state index contributed by atoms with van der Waals surface area (Å²) in [6, 6.07) is 12.7. The molecule has 2 aromatic rings. The van der Waals surface area contributed by atoms with E-state index in [1.165, 1.54) is 11.1 Å². The number of nitrogens with zero attached hydrogens (tertiary/aromatic N) is 4. The molecule has 1 unspecified atom stereocenters. The Morgan fingerprint density at radius 3 is 2.96 bits per heavy atom. The number of aliphatic imine (C=N–C) groups is 1. The van der Waals surface area contributed by atoms with Crippen molar-refractivity contribution in [3.63, 3.8) is 0 Å². The molecular weight excluding hydrogens is 310 g/mol. The van der Waals surface area contributed by atoms with Crippen LogP contribution in [0.2, 0.25) is 0 Å².